The van der Waals surface area contributed by atoms with E-state index < -0.39 is 0 Å². The van der Waals surface area contributed by atoms with Crippen molar-refractivity contribution in [1.29, 1.82) is 0 Å². The zero-order valence-electron chi connectivity index (χ0n) is 9.11. The minimum atomic E-state index is 0.364. The van der Waals surface area contributed by atoms with Crippen molar-refractivity contribution in [2.75, 3.05) is 13.2 Å². The van der Waals surface area contributed by atoms with Gasteiger partial charge >= 0.3 is 0 Å². The van der Waals surface area contributed by atoms with Crippen molar-refractivity contribution in [3.8, 4) is 0 Å². The minimum Gasteiger partial charge on any atom is -0.501 e. The molecule has 1 saturated carbocycles. The van der Waals surface area contributed by atoms with Crippen molar-refractivity contribution in [2.24, 2.45) is 11.8 Å². The summed E-state index contributed by atoms with van der Waals surface area (Å²) in [5.74, 6) is 1.26. The molecule has 0 atom stereocenters. The van der Waals surface area contributed by atoms with Gasteiger partial charge in [0.1, 0.15) is 0 Å². The van der Waals surface area contributed by atoms with Crippen molar-refractivity contribution in [2.45, 2.75) is 39.0 Å². The van der Waals surface area contributed by atoms with E-state index in [1.807, 2.05) is 12.3 Å². The topological polar surface area (TPSA) is 29.5 Å². The van der Waals surface area contributed by atoms with Gasteiger partial charge in [0.2, 0.25) is 0 Å². The van der Waals surface area contributed by atoms with E-state index in [9.17, 15) is 0 Å². The Balaban J connectivity index is 2.07. The molecule has 1 N–H and O–H groups in total. The maximum atomic E-state index is 8.98. The van der Waals surface area contributed by atoms with Crippen molar-refractivity contribution in [3.05, 3.63) is 12.3 Å². The van der Waals surface area contributed by atoms with Crippen LogP contribution in [0.4, 0.5) is 0 Å². The van der Waals surface area contributed by atoms with Crippen LogP contribution in [0.25, 0.3) is 0 Å². The molecule has 1 aliphatic carbocycles. The first-order valence-electron chi connectivity index (χ1n) is 5.74. The highest BCUT2D eigenvalue weighted by Crippen LogP contribution is 2.28. The zero-order valence-corrected chi connectivity index (χ0v) is 9.11. The summed E-state index contributed by atoms with van der Waals surface area (Å²) in [4.78, 5) is 0. The highest BCUT2D eigenvalue weighted by atomic mass is 16.5. The molecule has 2 nitrogen and oxygen atoms in total. The third-order valence-corrected chi connectivity index (χ3v) is 2.98. The maximum absolute atomic E-state index is 8.98. The molecule has 1 fully saturated rings. The fraction of sp³-hybridized carbons (Fsp3) is 0.833. The van der Waals surface area contributed by atoms with Gasteiger partial charge in [-0.05, 0) is 43.9 Å². The number of ether oxygens (including phenoxy) is 1. The summed E-state index contributed by atoms with van der Waals surface area (Å²) in [7, 11) is 0. The second kappa shape index (κ2) is 6.88. The Morgan fingerprint density at radius 2 is 1.86 bits per heavy atom. The smallest absolute Gasteiger partial charge is 0.0901 e. The number of rotatable bonds is 5. The quantitative estimate of drug-likeness (QED) is 0.688. The Morgan fingerprint density at radius 1 is 1.21 bits per heavy atom. The summed E-state index contributed by atoms with van der Waals surface area (Å²) >= 11 is 0. The van der Waals surface area contributed by atoms with E-state index in [4.69, 9.17) is 9.84 Å². The molecule has 0 aromatic rings. The Bertz CT molecular complexity index is 158. The van der Waals surface area contributed by atoms with Gasteiger partial charge in [-0.3, -0.25) is 0 Å². The zero-order chi connectivity index (χ0) is 10.2. The largest absolute Gasteiger partial charge is 0.501 e. The van der Waals surface area contributed by atoms with E-state index >= 15 is 0 Å². The third-order valence-electron chi connectivity index (χ3n) is 2.98. The van der Waals surface area contributed by atoms with Crippen LogP contribution >= 0.6 is 0 Å². The van der Waals surface area contributed by atoms with E-state index in [0.717, 1.165) is 13.0 Å². The average molecular weight is 198 g/mol. The van der Waals surface area contributed by atoms with E-state index in [-0.39, 0.29) is 0 Å². The van der Waals surface area contributed by atoms with Gasteiger partial charge in [0, 0.05) is 6.61 Å². The first kappa shape index (κ1) is 11.6. The normalized spacial score (nSPS) is 28.1. The molecule has 0 heterocycles. The lowest BCUT2D eigenvalue weighted by atomic mass is 9.83. The minimum absolute atomic E-state index is 0.364. The van der Waals surface area contributed by atoms with Crippen molar-refractivity contribution < 1.29 is 9.84 Å². The molecule has 0 aromatic carbocycles. The molecule has 1 aliphatic rings. The van der Waals surface area contributed by atoms with Crippen LogP contribution in [0, 0.1) is 11.8 Å². The number of allylic oxidation sites excluding steroid dienone is 1. The van der Waals surface area contributed by atoms with Crippen LogP contribution in [0.5, 0.6) is 0 Å². The van der Waals surface area contributed by atoms with E-state index in [1.165, 1.54) is 25.7 Å². The molecule has 0 spiro atoms. The molecule has 0 amide bonds. The van der Waals surface area contributed by atoms with Crippen LogP contribution < -0.4 is 0 Å². The van der Waals surface area contributed by atoms with Crippen molar-refractivity contribution in [1.82, 2.24) is 0 Å². The SMILES string of the molecule is CCC=COCC1CCC(CO)CC1. The fourth-order valence-corrected chi connectivity index (χ4v) is 1.94. The first-order valence-corrected chi connectivity index (χ1v) is 5.74. The summed E-state index contributed by atoms with van der Waals surface area (Å²) in [5, 5.41) is 8.98. The summed E-state index contributed by atoms with van der Waals surface area (Å²) in [6, 6.07) is 0. The van der Waals surface area contributed by atoms with Gasteiger partial charge < -0.3 is 9.84 Å². The average Bonchev–Trinajstić information content (AvgIpc) is 2.25. The number of aliphatic hydroxyl groups is 1. The van der Waals surface area contributed by atoms with Crippen molar-refractivity contribution in [3.63, 3.8) is 0 Å². The van der Waals surface area contributed by atoms with E-state index in [0.29, 0.717) is 18.4 Å². The predicted molar refractivity (Wildman–Crippen MR) is 57.9 cm³/mol. The van der Waals surface area contributed by atoms with Crippen LogP contribution in [0.15, 0.2) is 12.3 Å². The Kier molecular flexibility index (Phi) is 5.69. The lowest BCUT2D eigenvalue weighted by molar-refractivity contribution is 0.121. The Labute approximate surface area is 87.0 Å². The molecule has 2 heteroatoms. The number of aliphatic hydroxyl groups excluding tert-OH is 1. The lowest BCUT2D eigenvalue weighted by Crippen LogP contribution is -2.19. The van der Waals surface area contributed by atoms with Gasteiger partial charge in [-0.25, -0.2) is 0 Å². The first-order chi connectivity index (χ1) is 6.86. The molecule has 0 aliphatic heterocycles. The highest BCUT2D eigenvalue weighted by molar-refractivity contribution is 4.74. The molecule has 0 saturated heterocycles. The van der Waals surface area contributed by atoms with E-state index in [2.05, 4.69) is 6.92 Å². The van der Waals surface area contributed by atoms with Gasteiger partial charge in [0.15, 0.2) is 0 Å². The highest BCUT2D eigenvalue weighted by Gasteiger charge is 2.20. The monoisotopic (exact) mass is 198 g/mol. The standard InChI is InChI=1S/C12H22O2/c1-2-3-8-14-10-12-6-4-11(9-13)5-7-12/h3,8,11-13H,2,4-7,9-10H2,1H3. The molecule has 0 aromatic heterocycles. The third kappa shape index (κ3) is 4.14. The molecule has 14 heavy (non-hydrogen) atoms. The molecule has 82 valence electrons. The number of hydrogen-bond acceptors (Lipinski definition) is 2. The number of hydrogen-bond donors (Lipinski definition) is 1. The van der Waals surface area contributed by atoms with E-state index in [1.54, 1.807) is 0 Å². The molecular formula is C12H22O2. The summed E-state index contributed by atoms with van der Waals surface area (Å²) in [6.45, 7) is 3.32. The van der Waals surface area contributed by atoms with Crippen LogP contribution in [-0.4, -0.2) is 18.3 Å². The lowest BCUT2D eigenvalue weighted by Gasteiger charge is -2.26. The molecule has 0 radical (unpaired) electrons. The van der Waals surface area contributed by atoms with Crippen LogP contribution in [0.2, 0.25) is 0 Å². The molecule has 1 rings (SSSR count). The summed E-state index contributed by atoms with van der Waals surface area (Å²) in [5.41, 5.74) is 0. The van der Waals surface area contributed by atoms with Gasteiger partial charge in [0.25, 0.3) is 0 Å². The Hall–Kier alpha value is -0.500. The van der Waals surface area contributed by atoms with Gasteiger partial charge in [-0.15, -0.1) is 0 Å². The summed E-state index contributed by atoms with van der Waals surface area (Å²) < 4.78 is 5.44. The van der Waals surface area contributed by atoms with Crippen LogP contribution in [0.3, 0.4) is 0 Å². The second-order valence-corrected chi connectivity index (χ2v) is 4.18. The summed E-state index contributed by atoms with van der Waals surface area (Å²) in [6.07, 6.45) is 9.66. The molecule has 0 unspecified atom stereocenters. The van der Waals surface area contributed by atoms with Crippen molar-refractivity contribution >= 4 is 0 Å². The Morgan fingerprint density at radius 3 is 2.43 bits per heavy atom. The van der Waals surface area contributed by atoms with Crippen LogP contribution in [-0.2, 0) is 4.74 Å². The maximum Gasteiger partial charge on any atom is 0.0901 e. The van der Waals surface area contributed by atoms with Crippen LogP contribution in [0.1, 0.15) is 39.0 Å². The molecular weight excluding hydrogens is 176 g/mol. The van der Waals surface area contributed by atoms with Gasteiger partial charge in [0.05, 0.1) is 12.9 Å². The predicted octanol–water partition coefficient (Wildman–Crippen LogP) is 2.73. The fourth-order valence-electron chi connectivity index (χ4n) is 1.94. The van der Waals surface area contributed by atoms with Gasteiger partial charge in [-0.2, -0.15) is 0 Å². The van der Waals surface area contributed by atoms with Gasteiger partial charge in [-0.1, -0.05) is 13.0 Å². The molecule has 0 bridgehead atoms. The second-order valence-electron chi connectivity index (χ2n) is 4.18.